The molecule has 0 aromatic rings. The van der Waals surface area contributed by atoms with Crippen LogP contribution < -0.4 is 0 Å². The summed E-state index contributed by atoms with van der Waals surface area (Å²) < 4.78 is 22.5. The molecule has 11 heteroatoms. The van der Waals surface area contributed by atoms with E-state index in [4.69, 9.17) is 42.4 Å². The zero-order valence-electron chi connectivity index (χ0n) is 9.04. The quantitative estimate of drug-likeness (QED) is 0.140. The number of aliphatic imine (C=N–C) groups is 1. The molecule has 0 heterocycles. The Balaban J connectivity index is -0.00000000912. The van der Waals surface area contributed by atoms with Gasteiger partial charge in [-0.05, 0) is 12.6 Å². The summed E-state index contributed by atoms with van der Waals surface area (Å²) in [6.45, 7) is 26.2. The van der Waals surface area contributed by atoms with Crippen LogP contribution in [0.1, 0.15) is 0 Å². The third kappa shape index (κ3) is 2470. The number of rotatable bonds is 1. The van der Waals surface area contributed by atoms with Gasteiger partial charge in [-0.2, -0.15) is 4.99 Å². The molecule has 0 bridgehead atoms. The Morgan fingerprint density at radius 1 is 1.00 bits per heavy atom. The van der Waals surface area contributed by atoms with Crippen molar-refractivity contribution in [3.63, 3.8) is 0 Å². The number of hydrogen-bond donors (Lipinski definition) is 0. The van der Waals surface area contributed by atoms with Gasteiger partial charge in [0.2, 0.25) is 5.55 Å². The van der Waals surface area contributed by atoms with Crippen molar-refractivity contribution in [2.24, 2.45) is 4.99 Å². The third-order valence-electron chi connectivity index (χ3n) is 0.183. The fourth-order valence-corrected chi connectivity index (χ4v) is 0.411. The first-order chi connectivity index (χ1) is 8.41. The summed E-state index contributed by atoms with van der Waals surface area (Å²) in [5.74, 6) is 0.670. The molecule has 0 saturated heterocycles. The summed E-state index contributed by atoms with van der Waals surface area (Å²) in [4.78, 5) is 11.4. The van der Waals surface area contributed by atoms with Crippen molar-refractivity contribution in [1.82, 2.24) is 0 Å². The Hall–Kier alpha value is -0.721. The first-order valence-corrected chi connectivity index (χ1v) is 3.80. The molecule has 102 valence electrons. The van der Waals surface area contributed by atoms with Crippen LogP contribution in [-0.2, 0) is 78.1 Å². The van der Waals surface area contributed by atoms with Crippen LogP contribution in [0.5, 0.6) is 0 Å². The number of carbonyl (C=O) groups excluding carboxylic acids is 1. The minimum absolute atomic E-state index is 0. The van der Waals surface area contributed by atoms with Crippen LogP contribution in [0.25, 0.3) is 0 Å². The van der Waals surface area contributed by atoms with Gasteiger partial charge in [0.05, 0.1) is 0 Å². The van der Waals surface area contributed by atoms with Crippen molar-refractivity contribution in [3.05, 3.63) is 33.1 Å². The standard InChI is InChI=1S/C2H5NS2.2CN.CHO.3CO.2Fe/c4-1-3-2-5;6*1-2;;/h1,5H,2H2,(H,3,4);;;1H;;;;;/q;3*-1;;;;+2;+4/p+2. The summed E-state index contributed by atoms with van der Waals surface area (Å²) >= 11 is 6.15. The molecular formula is C8H8Fe2N3O4S2+5. The SMILES string of the molecule is [C-]#N.[C-]#N.[C-]#[O+].[C-]#[O+].[C-]#[O+].[CH-]=O.[Fe+2].[Fe+4].[SH2+]/C=N/C[SH2+]. The van der Waals surface area contributed by atoms with Crippen LogP contribution in [-0.4, -0.2) is 18.2 Å². The van der Waals surface area contributed by atoms with Gasteiger partial charge in [0.1, 0.15) is 0 Å². The predicted molar refractivity (Wildman–Crippen MR) is 62.1 cm³/mol. The van der Waals surface area contributed by atoms with E-state index in [2.05, 4.69) is 57.0 Å². The van der Waals surface area contributed by atoms with E-state index >= 15 is 0 Å². The van der Waals surface area contributed by atoms with Crippen LogP contribution >= 0.6 is 0 Å². The van der Waals surface area contributed by atoms with Gasteiger partial charge in [0.25, 0.3) is 0 Å². The normalized spacial score (nSPS) is 3.37. The van der Waals surface area contributed by atoms with Crippen molar-refractivity contribution < 1.29 is 52.9 Å². The molecular weight excluding hydrogens is 378 g/mol. The molecule has 0 fully saturated rings. The molecule has 7 nitrogen and oxygen atoms in total. The van der Waals surface area contributed by atoms with Gasteiger partial charge < -0.3 is 28.5 Å². The Labute approximate surface area is 144 Å². The van der Waals surface area contributed by atoms with Gasteiger partial charge in [0, 0.05) is 12.6 Å². The van der Waals surface area contributed by atoms with Crippen molar-refractivity contribution in [2.45, 2.75) is 0 Å². The van der Waals surface area contributed by atoms with E-state index in [-0.39, 0.29) is 34.1 Å². The van der Waals surface area contributed by atoms with E-state index in [0.29, 0.717) is 5.88 Å². The minimum atomic E-state index is 0. The zero-order valence-corrected chi connectivity index (χ0v) is 13.3. The second-order valence-electron chi connectivity index (χ2n) is 0.470. The second kappa shape index (κ2) is 882. The summed E-state index contributed by atoms with van der Waals surface area (Å²) in [7, 11) is 0. The first kappa shape index (κ1) is 63.4. The number of hydrogen-bond acceptors (Lipinski definition) is 4. The van der Waals surface area contributed by atoms with E-state index in [1.54, 1.807) is 5.55 Å². The molecule has 0 atom stereocenters. The summed E-state index contributed by atoms with van der Waals surface area (Å²) in [6, 6.07) is 0. The zero-order chi connectivity index (χ0) is 16.1. The summed E-state index contributed by atoms with van der Waals surface area (Å²) in [6.07, 6.45) is 0. The van der Waals surface area contributed by atoms with E-state index in [0.717, 1.165) is 0 Å². The molecule has 0 aromatic carbocycles. The first-order valence-electron chi connectivity index (χ1n) is 2.51. The van der Waals surface area contributed by atoms with Gasteiger partial charge in [-0.3, -0.25) is 6.79 Å². The molecule has 0 aromatic heterocycles. The van der Waals surface area contributed by atoms with Crippen molar-refractivity contribution in [2.75, 3.05) is 5.88 Å². The molecule has 0 aliphatic carbocycles. The topological polar surface area (TPSA) is 137 Å². The maximum atomic E-state index is 7.75. The van der Waals surface area contributed by atoms with Crippen LogP contribution in [0.15, 0.2) is 4.99 Å². The van der Waals surface area contributed by atoms with Crippen LogP contribution in [0.4, 0.5) is 0 Å². The second-order valence-corrected chi connectivity index (χ2v) is 1.04. The molecule has 0 saturated carbocycles. The van der Waals surface area contributed by atoms with Crippen LogP contribution in [0.2, 0.25) is 0 Å². The van der Waals surface area contributed by atoms with Gasteiger partial charge in [-0.25, -0.2) is 0 Å². The Morgan fingerprint density at radius 3 is 1.16 bits per heavy atom. The maximum absolute atomic E-state index is 7.75. The fraction of sp³-hybridized carbons (Fsp3) is 0.125. The smallest absolute Gasteiger partial charge is 0.545 e. The molecule has 0 rings (SSSR count). The van der Waals surface area contributed by atoms with E-state index in [1.165, 1.54) is 0 Å². The van der Waals surface area contributed by atoms with Crippen molar-refractivity contribution in [3.8, 4) is 0 Å². The Kier molecular flexibility index (Phi) is 2940. The van der Waals surface area contributed by atoms with E-state index in [1.807, 2.05) is 0 Å². The molecule has 0 amide bonds. The third-order valence-corrected chi connectivity index (χ3v) is 0.548. The average Bonchev–Trinajstić information content (AvgIpc) is 2.52. The fourth-order valence-electron chi connectivity index (χ4n) is 0.0456. The van der Waals surface area contributed by atoms with Crippen LogP contribution in [0.3, 0.4) is 0 Å². The number of nitrogens with zero attached hydrogens (tertiary/aromatic N) is 3. The summed E-state index contributed by atoms with van der Waals surface area (Å²) in [5, 5.41) is 12.5. The minimum Gasteiger partial charge on any atom is -0.545 e. The summed E-state index contributed by atoms with van der Waals surface area (Å²) in [5.41, 5.74) is 1.56. The van der Waals surface area contributed by atoms with Crippen molar-refractivity contribution in [1.29, 1.82) is 10.5 Å². The molecule has 0 aliphatic heterocycles. The van der Waals surface area contributed by atoms with Crippen molar-refractivity contribution >= 4 is 37.6 Å². The monoisotopic (exact) mass is 386 g/mol. The Bertz CT molecular complexity index is 174. The molecule has 0 aliphatic rings. The van der Waals surface area contributed by atoms with Crippen LogP contribution in [0, 0.1) is 43.6 Å². The van der Waals surface area contributed by atoms with Gasteiger partial charge >= 0.3 is 68.0 Å². The molecule has 0 spiro atoms. The van der Waals surface area contributed by atoms with E-state index in [9.17, 15) is 0 Å². The molecule has 0 N–H and O–H groups in total. The largest absolute Gasteiger partial charge is 4.00 e. The molecule has 0 radical (unpaired) electrons. The average molecular weight is 386 g/mol. The van der Waals surface area contributed by atoms with Gasteiger partial charge in [-0.15, -0.1) is 0 Å². The molecule has 0 unspecified atom stereocenters. The van der Waals surface area contributed by atoms with Gasteiger partial charge in [-0.1, -0.05) is 0 Å². The van der Waals surface area contributed by atoms with E-state index < -0.39 is 0 Å². The molecule has 19 heavy (non-hydrogen) atoms. The predicted octanol–water partition coefficient (Wildman–Crippen LogP) is -1.20. The van der Waals surface area contributed by atoms with Gasteiger partial charge in [0.15, 0.2) is 5.88 Å². The Morgan fingerprint density at radius 2 is 1.16 bits per heavy atom. The maximum Gasteiger partial charge on any atom is 4.00 e.